The fourth-order valence-corrected chi connectivity index (χ4v) is 2.56. The lowest BCUT2D eigenvalue weighted by Gasteiger charge is -2.22. The number of methoxy groups -OCH3 is 2. The first-order valence-corrected chi connectivity index (χ1v) is 7.35. The van der Waals surface area contributed by atoms with E-state index in [0.29, 0.717) is 23.6 Å². The molecule has 5 heteroatoms. The van der Waals surface area contributed by atoms with Crippen LogP contribution in [0.25, 0.3) is 0 Å². The Morgan fingerprint density at radius 3 is 2.38 bits per heavy atom. The molecule has 1 amide bonds. The summed E-state index contributed by atoms with van der Waals surface area (Å²) in [6, 6.07) is 5.06. The third-order valence-corrected chi connectivity index (χ3v) is 3.27. The zero-order chi connectivity index (χ0) is 16.0. The van der Waals surface area contributed by atoms with Crippen molar-refractivity contribution in [2.45, 2.75) is 32.6 Å². The molecule has 1 rings (SSSR count). The summed E-state index contributed by atoms with van der Waals surface area (Å²) >= 11 is 6.24. The van der Waals surface area contributed by atoms with Crippen LogP contribution in [0.1, 0.15) is 37.6 Å². The number of benzene rings is 1. The number of ether oxygens (including phenoxy) is 2. The highest BCUT2D eigenvalue weighted by molar-refractivity contribution is 6.21. The van der Waals surface area contributed by atoms with Crippen molar-refractivity contribution in [3.05, 3.63) is 23.8 Å². The number of halogens is 1. The van der Waals surface area contributed by atoms with Gasteiger partial charge in [0.15, 0.2) is 11.5 Å². The molecule has 21 heavy (non-hydrogen) atoms. The molecule has 0 radical (unpaired) electrons. The lowest BCUT2D eigenvalue weighted by molar-refractivity contribution is 0.0951. The number of amides is 1. The topological polar surface area (TPSA) is 47.6 Å². The van der Waals surface area contributed by atoms with E-state index in [-0.39, 0.29) is 16.7 Å². The van der Waals surface area contributed by atoms with Crippen LogP contribution >= 0.6 is 11.6 Å². The predicted octanol–water partition coefficient (Wildman–Crippen LogP) is 3.48. The molecule has 0 aliphatic carbocycles. The number of hydrogen-bond acceptors (Lipinski definition) is 3. The van der Waals surface area contributed by atoms with Crippen LogP contribution in [0.4, 0.5) is 0 Å². The second-order valence-electron chi connectivity index (χ2n) is 6.14. The summed E-state index contributed by atoms with van der Waals surface area (Å²) in [5.41, 5.74) is 0.660. The van der Waals surface area contributed by atoms with Gasteiger partial charge in [-0.25, -0.2) is 0 Å². The third-order valence-electron chi connectivity index (χ3n) is 2.96. The first kappa shape index (κ1) is 17.6. The van der Waals surface area contributed by atoms with Gasteiger partial charge in [-0.3, -0.25) is 4.79 Å². The Morgan fingerprint density at radius 2 is 1.86 bits per heavy atom. The standard InChI is InChI=1S/C16H24ClNO3/c1-16(2,3)9-12(17)10-18-15(19)11-6-7-13(20-4)14(8-11)21-5/h6-8,12H,9-10H2,1-5H3,(H,18,19). The van der Waals surface area contributed by atoms with Crippen molar-refractivity contribution >= 4 is 17.5 Å². The highest BCUT2D eigenvalue weighted by Crippen LogP contribution is 2.27. The lowest BCUT2D eigenvalue weighted by Crippen LogP contribution is -2.31. The van der Waals surface area contributed by atoms with Crippen LogP contribution in [0, 0.1) is 5.41 Å². The smallest absolute Gasteiger partial charge is 0.251 e. The first-order chi connectivity index (χ1) is 9.76. The zero-order valence-corrected chi connectivity index (χ0v) is 14.1. The van der Waals surface area contributed by atoms with E-state index < -0.39 is 0 Å². The number of rotatable bonds is 6. The molecule has 0 aromatic heterocycles. The van der Waals surface area contributed by atoms with Gasteiger partial charge in [-0.1, -0.05) is 20.8 Å². The summed E-state index contributed by atoms with van der Waals surface area (Å²) in [5, 5.41) is 2.75. The van der Waals surface area contributed by atoms with Crippen molar-refractivity contribution in [1.29, 1.82) is 0 Å². The van der Waals surface area contributed by atoms with Crippen LogP contribution in [0.2, 0.25) is 0 Å². The molecule has 1 aromatic carbocycles. The second kappa shape index (κ2) is 7.55. The molecule has 1 N–H and O–H groups in total. The number of carbonyl (C=O) groups is 1. The quantitative estimate of drug-likeness (QED) is 0.818. The van der Waals surface area contributed by atoms with E-state index in [0.717, 1.165) is 6.42 Å². The minimum atomic E-state index is -0.171. The molecule has 0 fully saturated rings. The minimum absolute atomic E-state index is 0.0888. The van der Waals surface area contributed by atoms with Gasteiger partial charge < -0.3 is 14.8 Å². The normalized spacial score (nSPS) is 12.7. The van der Waals surface area contributed by atoms with Crippen LogP contribution in [-0.2, 0) is 0 Å². The molecule has 0 aliphatic heterocycles. The molecule has 118 valence electrons. The SMILES string of the molecule is COc1ccc(C(=O)NCC(Cl)CC(C)(C)C)cc1OC. The van der Waals surface area contributed by atoms with Gasteiger partial charge in [0.05, 0.1) is 19.6 Å². The maximum absolute atomic E-state index is 12.1. The van der Waals surface area contributed by atoms with E-state index in [1.165, 1.54) is 7.11 Å². The number of nitrogens with one attached hydrogen (secondary N) is 1. The lowest BCUT2D eigenvalue weighted by atomic mass is 9.90. The summed E-state index contributed by atoms with van der Waals surface area (Å²) < 4.78 is 10.3. The van der Waals surface area contributed by atoms with Gasteiger partial charge in [0.2, 0.25) is 0 Å². The molecule has 1 unspecified atom stereocenters. The fraction of sp³-hybridized carbons (Fsp3) is 0.562. The average Bonchev–Trinajstić information content (AvgIpc) is 2.42. The Hall–Kier alpha value is -1.42. The fourth-order valence-electron chi connectivity index (χ4n) is 2.02. The van der Waals surface area contributed by atoms with E-state index in [2.05, 4.69) is 26.1 Å². The molecule has 0 aliphatic rings. The highest BCUT2D eigenvalue weighted by atomic mass is 35.5. The van der Waals surface area contributed by atoms with E-state index in [1.54, 1.807) is 25.3 Å². The maximum atomic E-state index is 12.1. The summed E-state index contributed by atoms with van der Waals surface area (Å²) in [6.07, 6.45) is 0.834. The van der Waals surface area contributed by atoms with Gasteiger partial charge in [-0.05, 0) is 30.0 Å². The molecule has 0 saturated heterocycles. The molecule has 0 spiro atoms. The Balaban J connectivity index is 2.64. The van der Waals surface area contributed by atoms with Crippen molar-refractivity contribution in [2.75, 3.05) is 20.8 Å². The van der Waals surface area contributed by atoms with E-state index in [9.17, 15) is 4.79 Å². The van der Waals surface area contributed by atoms with Crippen molar-refractivity contribution in [3.8, 4) is 11.5 Å². The van der Waals surface area contributed by atoms with Crippen LogP contribution in [-0.4, -0.2) is 32.0 Å². The van der Waals surface area contributed by atoms with Gasteiger partial charge in [0.25, 0.3) is 5.91 Å². The van der Waals surface area contributed by atoms with Crippen molar-refractivity contribution in [3.63, 3.8) is 0 Å². The van der Waals surface area contributed by atoms with Crippen LogP contribution < -0.4 is 14.8 Å². The average molecular weight is 314 g/mol. The Morgan fingerprint density at radius 1 is 1.24 bits per heavy atom. The van der Waals surface area contributed by atoms with Gasteiger partial charge in [0.1, 0.15) is 0 Å². The maximum Gasteiger partial charge on any atom is 0.251 e. The summed E-state index contributed by atoms with van der Waals surface area (Å²) in [7, 11) is 3.10. The molecule has 0 heterocycles. The number of alkyl halides is 1. The summed E-state index contributed by atoms with van der Waals surface area (Å²) in [5.74, 6) is 0.953. The van der Waals surface area contributed by atoms with Gasteiger partial charge >= 0.3 is 0 Å². The molecular formula is C16H24ClNO3. The minimum Gasteiger partial charge on any atom is -0.493 e. The number of carbonyl (C=O) groups excluding carboxylic acids is 1. The number of hydrogen-bond donors (Lipinski definition) is 1. The van der Waals surface area contributed by atoms with Crippen molar-refractivity contribution in [1.82, 2.24) is 5.32 Å². The van der Waals surface area contributed by atoms with Gasteiger partial charge in [-0.15, -0.1) is 11.6 Å². The summed E-state index contributed by atoms with van der Waals surface area (Å²) in [4.78, 5) is 12.1. The molecular weight excluding hydrogens is 290 g/mol. The molecule has 1 aromatic rings. The molecule has 1 atom stereocenters. The van der Waals surface area contributed by atoms with Crippen LogP contribution in [0.3, 0.4) is 0 Å². The first-order valence-electron chi connectivity index (χ1n) is 6.91. The van der Waals surface area contributed by atoms with Crippen molar-refractivity contribution < 1.29 is 14.3 Å². The Kier molecular flexibility index (Phi) is 6.34. The van der Waals surface area contributed by atoms with E-state index >= 15 is 0 Å². The second-order valence-corrected chi connectivity index (χ2v) is 6.76. The van der Waals surface area contributed by atoms with Gasteiger partial charge in [-0.2, -0.15) is 0 Å². The van der Waals surface area contributed by atoms with Crippen LogP contribution in [0.5, 0.6) is 11.5 Å². The molecule has 0 bridgehead atoms. The van der Waals surface area contributed by atoms with E-state index in [4.69, 9.17) is 21.1 Å². The predicted molar refractivity (Wildman–Crippen MR) is 85.6 cm³/mol. The Labute approximate surface area is 131 Å². The molecule has 4 nitrogen and oxygen atoms in total. The van der Waals surface area contributed by atoms with Gasteiger partial charge in [0, 0.05) is 12.1 Å². The van der Waals surface area contributed by atoms with Crippen LogP contribution in [0.15, 0.2) is 18.2 Å². The van der Waals surface area contributed by atoms with E-state index in [1.807, 2.05) is 0 Å². The zero-order valence-electron chi connectivity index (χ0n) is 13.3. The summed E-state index contributed by atoms with van der Waals surface area (Å²) in [6.45, 7) is 6.81. The van der Waals surface area contributed by atoms with Crippen molar-refractivity contribution in [2.24, 2.45) is 5.41 Å². The largest absolute Gasteiger partial charge is 0.493 e. The Bertz CT molecular complexity index is 483. The highest BCUT2D eigenvalue weighted by Gasteiger charge is 2.18. The third kappa shape index (κ3) is 5.84. The monoisotopic (exact) mass is 313 g/mol. The molecule has 0 saturated carbocycles.